The van der Waals surface area contributed by atoms with Gasteiger partial charge in [-0.15, -0.1) is 24.0 Å². The third-order valence-electron chi connectivity index (χ3n) is 3.72. The van der Waals surface area contributed by atoms with E-state index in [-0.39, 0.29) is 35.9 Å². The minimum atomic E-state index is -0.308. The second-order valence-corrected chi connectivity index (χ2v) is 6.38. The van der Waals surface area contributed by atoms with E-state index < -0.39 is 0 Å². The number of aromatic nitrogens is 1. The summed E-state index contributed by atoms with van der Waals surface area (Å²) in [6.07, 6.45) is 1.65. The van der Waals surface area contributed by atoms with Crippen LogP contribution in [0.5, 0.6) is 5.75 Å². The number of ether oxygens (including phenoxy) is 1. The molecule has 2 aromatic rings. The number of hydrogen-bond donors (Lipinski definition) is 2. The standard InChI is InChI=1S/C20H28FN5O.HI/c1-5-22-20(25-14-16-9-10-23-19(11-16)26(3)4)24-13-15(2)27-18-8-6-7-17(21)12-18;/h6-12,15H,5,13-14H2,1-4H3,(H2,22,24,25);1H. The maximum absolute atomic E-state index is 13.2. The molecule has 0 aliphatic carbocycles. The summed E-state index contributed by atoms with van der Waals surface area (Å²) in [4.78, 5) is 10.9. The molecule has 0 aliphatic rings. The van der Waals surface area contributed by atoms with Crippen LogP contribution in [0.3, 0.4) is 0 Å². The van der Waals surface area contributed by atoms with E-state index in [9.17, 15) is 4.39 Å². The molecule has 0 amide bonds. The van der Waals surface area contributed by atoms with Gasteiger partial charge < -0.3 is 20.3 Å². The Kier molecular flexibility index (Phi) is 10.6. The molecular formula is C20H29FIN5O. The van der Waals surface area contributed by atoms with Crippen LogP contribution in [0.2, 0.25) is 0 Å². The van der Waals surface area contributed by atoms with Gasteiger partial charge in [-0.05, 0) is 43.7 Å². The van der Waals surface area contributed by atoms with E-state index in [1.54, 1.807) is 18.3 Å². The van der Waals surface area contributed by atoms with Crippen LogP contribution in [0.1, 0.15) is 19.4 Å². The lowest BCUT2D eigenvalue weighted by molar-refractivity contribution is 0.223. The zero-order valence-electron chi connectivity index (χ0n) is 16.8. The summed E-state index contributed by atoms with van der Waals surface area (Å²) in [6, 6.07) is 10.1. The van der Waals surface area contributed by atoms with E-state index in [0.717, 1.165) is 17.9 Å². The molecule has 2 N–H and O–H groups in total. The number of nitrogens with one attached hydrogen (secondary N) is 2. The Balaban J connectivity index is 0.00000392. The minimum Gasteiger partial charge on any atom is -0.489 e. The van der Waals surface area contributed by atoms with E-state index >= 15 is 0 Å². The lowest BCUT2D eigenvalue weighted by Crippen LogP contribution is -2.41. The summed E-state index contributed by atoms with van der Waals surface area (Å²) in [6.45, 7) is 5.78. The lowest BCUT2D eigenvalue weighted by Gasteiger charge is -2.18. The number of rotatable bonds is 8. The lowest BCUT2D eigenvalue weighted by atomic mass is 10.2. The van der Waals surface area contributed by atoms with E-state index in [2.05, 4.69) is 20.6 Å². The minimum absolute atomic E-state index is 0. The molecule has 0 radical (unpaired) electrons. The highest BCUT2D eigenvalue weighted by Crippen LogP contribution is 2.13. The van der Waals surface area contributed by atoms with Crippen molar-refractivity contribution in [1.29, 1.82) is 0 Å². The van der Waals surface area contributed by atoms with Crippen LogP contribution >= 0.6 is 24.0 Å². The smallest absolute Gasteiger partial charge is 0.191 e. The normalized spacial score (nSPS) is 12.0. The molecule has 1 aromatic carbocycles. The Labute approximate surface area is 183 Å². The van der Waals surface area contributed by atoms with Gasteiger partial charge in [0, 0.05) is 32.9 Å². The number of anilines is 1. The maximum Gasteiger partial charge on any atom is 0.191 e. The van der Waals surface area contributed by atoms with Crippen molar-refractivity contribution >= 4 is 35.8 Å². The Morgan fingerprint density at radius 3 is 2.71 bits per heavy atom. The van der Waals surface area contributed by atoms with Crippen LogP contribution in [0, 0.1) is 5.82 Å². The van der Waals surface area contributed by atoms with Crippen LogP contribution in [0.4, 0.5) is 10.2 Å². The first-order valence-electron chi connectivity index (χ1n) is 9.04. The molecule has 0 saturated carbocycles. The summed E-state index contributed by atoms with van der Waals surface area (Å²) in [5, 5.41) is 6.47. The van der Waals surface area contributed by atoms with E-state index in [0.29, 0.717) is 24.8 Å². The van der Waals surface area contributed by atoms with Crippen molar-refractivity contribution in [3.8, 4) is 5.75 Å². The summed E-state index contributed by atoms with van der Waals surface area (Å²) in [5.74, 6) is 1.81. The molecule has 8 heteroatoms. The number of hydrogen-bond acceptors (Lipinski definition) is 4. The van der Waals surface area contributed by atoms with Crippen LogP contribution in [0.25, 0.3) is 0 Å². The molecular weight excluding hydrogens is 472 g/mol. The topological polar surface area (TPSA) is 61.8 Å². The van der Waals surface area contributed by atoms with Gasteiger partial charge in [0.25, 0.3) is 0 Å². The van der Waals surface area contributed by atoms with E-state index in [1.807, 2.05) is 45.0 Å². The van der Waals surface area contributed by atoms with Gasteiger partial charge in [-0.1, -0.05) is 6.07 Å². The third kappa shape index (κ3) is 8.28. The predicted molar refractivity (Wildman–Crippen MR) is 123 cm³/mol. The number of aliphatic imine (C=N–C) groups is 1. The highest BCUT2D eigenvalue weighted by molar-refractivity contribution is 14.0. The van der Waals surface area contributed by atoms with Crippen molar-refractivity contribution < 1.29 is 9.13 Å². The van der Waals surface area contributed by atoms with Crippen LogP contribution in [0.15, 0.2) is 47.6 Å². The van der Waals surface area contributed by atoms with Gasteiger partial charge in [0.1, 0.15) is 23.5 Å². The molecule has 0 aliphatic heterocycles. The Bertz CT molecular complexity index is 757. The van der Waals surface area contributed by atoms with Crippen molar-refractivity contribution in [2.24, 2.45) is 4.99 Å². The SMILES string of the molecule is CCNC(=NCc1ccnc(N(C)C)c1)NCC(C)Oc1cccc(F)c1.I. The van der Waals surface area contributed by atoms with Gasteiger partial charge in [0.05, 0.1) is 13.1 Å². The zero-order valence-corrected chi connectivity index (χ0v) is 19.1. The summed E-state index contributed by atoms with van der Waals surface area (Å²) in [5.41, 5.74) is 1.08. The number of halogens is 2. The van der Waals surface area contributed by atoms with E-state index in [1.165, 1.54) is 12.1 Å². The third-order valence-corrected chi connectivity index (χ3v) is 3.72. The average molecular weight is 501 g/mol. The largest absolute Gasteiger partial charge is 0.489 e. The number of benzene rings is 1. The highest BCUT2D eigenvalue weighted by atomic mass is 127. The van der Waals surface area contributed by atoms with Gasteiger partial charge in [-0.25, -0.2) is 14.4 Å². The molecule has 0 saturated heterocycles. The molecule has 0 spiro atoms. The quantitative estimate of drug-likeness (QED) is 0.330. The van der Waals surface area contributed by atoms with Gasteiger partial charge >= 0.3 is 0 Å². The molecule has 2 rings (SSSR count). The Hall–Kier alpha value is -2.10. The molecule has 1 aromatic heterocycles. The van der Waals surface area contributed by atoms with Gasteiger partial charge in [0.15, 0.2) is 5.96 Å². The van der Waals surface area contributed by atoms with Crippen molar-refractivity contribution in [2.45, 2.75) is 26.5 Å². The monoisotopic (exact) mass is 501 g/mol. The highest BCUT2D eigenvalue weighted by Gasteiger charge is 2.07. The molecule has 0 fully saturated rings. The fourth-order valence-electron chi connectivity index (χ4n) is 2.37. The molecule has 154 valence electrons. The van der Waals surface area contributed by atoms with Gasteiger partial charge in [-0.2, -0.15) is 0 Å². The number of pyridine rings is 1. The fourth-order valence-corrected chi connectivity index (χ4v) is 2.37. The number of nitrogens with zero attached hydrogens (tertiary/aromatic N) is 3. The maximum atomic E-state index is 13.2. The first kappa shape index (κ1) is 23.9. The van der Waals surface area contributed by atoms with Gasteiger partial charge in [-0.3, -0.25) is 0 Å². The molecule has 1 atom stereocenters. The number of guanidine groups is 1. The van der Waals surface area contributed by atoms with Crippen molar-refractivity contribution in [2.75, 3.05) is 32.1 Å². The molecule has 28 heavy (non-hydrogen) atoms. The predicted octanol–water partition coefficient (Wildman–Crippen LogP) is 3.43. The first-order valence-corrected chi connectivity index (χ1v) is 9.04. The van der Waals surface area contributed by atoms with Crippen molar-refractivity contribution in [1.82, 2.24) is 15.6 Å². The average Bonchev–Trinajstić information content (AvgIpc) is 2.64. The van der Waals surface area contributed by atoms with Crippen LogP contribution in [-0.4, -0.2) is 44.2 Å². The first-order chi connectivity index (χ1) is 13.0. The second kappa shape index (κ2) is 12.4. The van der Waals surface area contributed by atoms with Gasteiger partial charge in [0.2, 0.25) is 0 Å². The van der Waals surface area contributed by atoms with Crippen molar-refractivity contribution in [3.05, 3.63) is 54.0 Å². The summed E-state index contributed by atoms with van der Waals surface area (Å²) >= 11 is 0. The van der Waals surface area contributed by atoms with E-state index in [4.69, 9.17) is 4.74 Å². The van der Waals surface area contributed by atoms with Crippen LogP contribution < -0.4 is 20.3 Å². The Morgan fingerprint density at radius 2 is 2.04 bits per heavy atom. The summed E-state index contributed by atoms with van der Waals surface area (Å²) in [7, 11) is 3.92. The fraction of sp³-hybridized carbons (Fsp3) is 0.400. The Morgan fingerprint density at radius 1 is 1.25 bits per heavy atom. The van der Waals surface area contributed by atoms with Crippen molar-refractivity contribution in [3.63, 3.8) is 0 Å². The molecule has 0 bridgehead atoms. The van der Waals surface area contributed by atoms with Crippen LogP contribution in [-0.2, 0) is 6.54 Å². The summed E-state index contributed by atoms with van der Waals surface area (Å²) < 4.78 is 19.0. The molecule has 1 unspecified atom stereocenters. The zero-order chi connectivity index (χ0) is 19.6. The molecule has 1 heterocycles. The molecule has 6 nitrogen and oxygen atoms in total. The second-order valence-electron chi connectivity index (χ2n) is 6.38.